The molecule has 94 valence electrons. The van der Waals surface area contributed by atoms with Gasteiger partial charge in [-0.3, -0.25) is 4.90 Å². The largest absolute Gasteiger partial charge is 0.508 e. The zero-order chi connectivity index (χ0) is 12.4. The van der Waals surface area contributed by atoms with Crippen molar-refractivity contribution < 1.29 is 5.11 Å². The molecule has 1 aromatic rings. The summed E-state index contributed by atoms with van der Waals surface area (Å²) in [6.07, 6.45) is 0. The van der Waals surface area contributed by atoms with Gasteiger partial charge in [0.15, 0.2) is 0 Å². The smallest absolute Gasteiger partial charge is 0.120 e. The van der Waals surface area contributed by atoms with Crippen molar-refractivity contribution in [2.45, 2.75) is 20.4 Å². The third-order valence-electron chi connectivity index (χ3n) is 3.38. The molecule has 1 saturated heterocycles. The average Bonchev–Trinajstić information content (AvgIpc) is 2.33. The summed E-state index contributed by atoms with van der Waals surface area (Å²) in [6, 6.07) is 1.76. The highest BCUT2D eigenvalue weighted by Crippen LogP contribution is 2.31. The van der Waals surface area contributed by atoms with Crippen molar-refractivity contribution in [3.05, 3.63) is 27.8 Å². The number of nitrogens with zero attached hydrogens (tertiary/aromatic N) is 1. The van der Waals surface area contributed by atoms with Gasteiger partial charge in [-0.2, -0.15) is 0 Å². The highest BCUT2D eigenvalue weighted by atomic mass is 35.5. The first-order valence-corrected chi connectivity index (χ1v) is 6.38. The Kier molecular flexibility index (Phi) is 3.92. The molecular weight excluding hydrogens is 236 g/mol. The van der Waals surface area contributed by atoms with Gasteiger partial charge in [-0.25, -0.2) is 0 Å². The third-order valence-corrected chi connectivity index (χ3v) is 3.96. The summed E-state index contributed by atoms with van der Waals surface area (Å²) < 4.78 is 0. The molecule has 4 heteroatoms. The number of hydrogen-bond donors (Lipinski definition) is 2. The van der Waals surface area contributed by atoms with Gasteiger partial charge in [-0.15, -0.1) is 0 Å². The summed E-state index contributed by atoms with van der Waals surface area (Å²) in [6.45, 7) is 8.74. The molecule has 1 aromatic carbocycles. The first-order valence-electron chi connectivity index (χ1n) is 6.00. The van der Waals surface area contributed by atoms with E-state index in [2.05, 4.69) is 10.2 Å². The summed E-state index contributed by atoms with van der Waals surface area (Å²) in [4.78, 5) is 2.34. The van der Waals surface area contributed by atoms with Crippen LogP contribution in [0.2, 0.25) is 5.02 Å². The van der Waals surface area contributed by atoms with Gasteiger partial charge in [0, 0.05) is 43.3 Å². The molecule has 0 aliphatic carbocycles. The zero-order valence-electron chi connectivity index (χ0n) is 10.4. The lowest BCUT2D eigenvalue weighted by Crippen LogP contribution is -2.43. The molecule has 2 rings (SSSR count). The summed E-state index contributed by atoms with van der Waals surface area (Å²) >= 11 is 6.23. The van der Waals surface area contributed by atoms with E-state index in [1.54, 1.807) is 6.07 Å². The van der Waals surface area contributed by atoms with E-state index in [4.69, 9.17) is 11.6 Å². The number of phenolic OH excluding ortho intramolecular Hbond substituents is 1. The van der Waals surface area contributed by atoms with Crippen LogP contribution in [-0.2, 0) is 6.54 Å². The van der Waals surface area contributed by atoms with Gasteiger partial charge in [-0.05, 0) is 31.0 Å². The van der Waals surface area contributed by atoms with Crippen molar-refractivity contribution in [2.24, 2.45) is 0 Å². The van der Waals surface area contributed by atoms with Crippen molar-refractivity contribution in [1.82, 2.24) is 10.2 Å². The predicted octanol–water partition coefficient (Wildman–Crippen LogP) is 2.07. The molecule has 0 aromatic heterocycles. The van der Waals surface area contributed by atoms with Gasteiger partial charge in [0.25, 0.3) is 0 Å². The molecule has 1 fully saturated rings. The van der Waals surface area contributed by atoms with Crippen molar-refractivity contribution in [3.8, 4) is 5.75 Å². The van der Waals surface area contributed by atoms with Crippen LogP contribution in [0.3, 0.4) is 0 Å². The van der Waals surface area contributed by atoms with Gasteiger partial charge in [0.1, 0.15) is 5.75 Å². The number of halogens is 1. The topological polar surface area (TPSA) is 35.5 Å². The van der Waals surface area contributed by atoms with Crippen LogP contribution in [0.25, 0.3) is 0 Å². The van der Waals surface area contributed by atoms with Crippen molar-refractivity contribution in [3.63, 3.8) is 0 Å². The highest BCUT2D eigenvalue weighted by Gasteiger charge is 2.16. The lowest BCUT2D eigenvalue weighted by atomic mass is 10.0. The number of aryl methyl sites for hydroxylation is 1. The molecule has 0 unspecified atom stereocenters. The van der Waals surface area contributed by atoms with Crippen molar-refractivity contribution >= 4 is 11.6 Å². The second-order valence-corrected chi connectivity index (χ2v) is 5.03. The molecule has 3 nitrogen and oxygen atoms in total. The Morgan fingerprint density at radius 3 is 2.65 bits per heavy atom. The van der Waals surface area contributed by atoms with E-state index in [0.29, 0.717) is 5.75 Å². The predicted molar refractivity (Wildman–Crippen MR) is 70.7 cm³/mol. The number of nitrogens with one attached hydrogen (secondary N) is 1. The zero-order valence-corrected chi connectivity index (χ0v) is 11.1. The molecule has 0 amide bonds. The Labute approximate surface area is 107 Å². The monoisotopic (exact) mass is 254 g/mol. The molecule has 0 radical (unpaired) electrons. The molecule has 0 saturated carbocycles. The molecule has 17 heavy (non-hydrogen) atoms. The maximum atomic E-state index is 10.0. The molecular formula is C13H19ClN2O. The number of piperazine rings is 1. The minimum atomic E-state index is 0.364. The van der Waals surface area contributed by atoms with Gasteiger partial charge in [0.2, 0.25) is 0 Å². The Hall–Kier alpha value is -0.770. The maximum absolute atomic E-state index is 10.0. The van der Waals surface area contributed by atoms with Gasteiger partial charge in [-0.1, -0.05) is 11.6 Å². The molecule has 2 N–H and O–H groups in total. The van der Waals surface area contributed by atoms with Crippen LogP contribution in [0.15, 0.2) is 6.07 Å². The Bertz CT molecular complexity index is 414. The first-order chi connectivity index (χ1) is 8.09. The van der Waals surface area contributed by atoms with Crippen LogP contribution in [0, 0.1) is 13.8 Å². The lowest BCUT2D eigenvalue weighted by molar-refractivity contribution is 0.230. The van der Waals surface area contributed by atoms with E-state index in [0.717, 1.165) is 54.4 Å². The second kappa shape index (κ2) is 5.25. The standard InChI is InChI=1S/C13H19ClN2O/c1-9-7-12(17)11(10(2)13(9)14)8-16-5-3-15-4-6-16/h7,15,17H,3-6,8H2,1-2H3. The number of rotatable bonds is 2. The van der Waals surface area contributed by atoms with E-state index >= 15 is 0 Å². The molecule has 0 spiro atoms. The van der Waals surface area contributed by atoms with E-state index in [9.17, 15) is 5.11 Å². The van der Waals surface area contributed by atoms with Crippen LogP contribution < -0.4 is 5.32 Å². The molecule has 0 atom stereocenters. The van der Waals surface area contributed by atoms with Crippen molar-refractivity contribution in [2.75, 3.05) is 26.2 Å². The Morgan fingerprint density at radius 2 is 2.00 bits per heavy atom. The average molecular weight is 255 g/mol. The van der Waals surface area contributed by atoms with E-state index in [1.165, 1.54) is 0 Å². The summed E-state index contributed by atoms with van der Waals surface area (Å²) in [7, 11) is 0. The fourth-order valence-electron chi connectivity index (χ4n) is 2.27. The van der Waals surface area contributed by atoms with Crippen molar-refractivity contribution in [1.29, 1.82) is 0 Å². The molecule has 1 aliphatic rings. The lowest BCUT2D eigenvalue weighted by Gasteiger charge is -2.28. The maximum Gasteiger partial charge on any atom is 0.120 e. The summed E-state index contributed by atoms with van der Waals surface area (Å²) in [5.74, 6) is 0.364. The van der Waals surface area contributed by atoms with Crippen LogP contribution in [0.1, 0.15) is 16.7 Å². The number of phenols is 1. The van der Waals surface area contributed by atoms with Gasteiger partial charge >= 0.3 is 0 Å². The fraction of sp³-hybridized carbons (Fsp3) is 0.538. The van der Waals surface area contributed by atoms with Gasteiger partial charge < -0.3 is 10.4 Å². The third kappa shape index (κ3) is 2.73. The highest BCUT2D eigenvalue weighted by molar-refractivity contribution is 6.32. The van der Waals surface area contributed by atoms with Crippen LogP contribution >= 0.6 is 11.6 Å². The number of hydrogen-bond acceptors (Lipinski definition) is 3. The molecule has 1 aliphatic heterocycles. The molecule has 0 bridgehead atoms. The SMILES string of the molecule is Cc1cc(O)c(CN2CCNCC2)c(C)c1Cl. The fourth-order valence-corrected chi connectivity index (χ4v) is 2.44. The number of benzene rings is 1. The number of aromatic hydroxyl groups is 1. The first kappa shape index (κ1) is 12.7. The Balaban J connectivity index is 2.22. The van der Waals surface area contributed by atoms with Crippen LogP contribution in [0.4, 0.5) is 0 Å². The minimum Gasteiger partial charge on any atom is -0.508 e. The van der Waals surface area contributed by atoms with E-state index in [1.807, 2.05) is 13.8 Å². The Morgan fingerprint density at radius 1 is 1.35 bits per heavy atom. The van der Waals surface area contributed by atoms with Crippen LogP contribution in [0.5, 0.6) is 5.75 Å². The van der Waals surface area contributed by atoms with Gasteiger partial charge in [0.05, 0.1) is 0 Å². The summed E-state index contributed by atoms with van der Waals surface area (Å²) in [5.41, 5.74) is 2.90. The normalized spacial score (nSPS) is 17.4. The van der Waals surface area contributed by atoms with E-state index < -0.39 is 0 Å². The molecule has 1 heterocycles. The minimum absolute atomic E-state index is 0.364. The van der Waals surface area contributed by atoms with E-state index in [-0.39, 0.29) is 0 Å². The summed E-state index contributed by atoms with van der Waals surface area (Å²) in [5, 5.41) is 14.1. The second-order valence-electron chi connectivity index (χ2n) is 4.66. The van der Waals surface area contributed by atoms with Crippen LogP contribution in [-0.4, -0.2) is 36.2 Å². The quantitative estimate of drug-likeness (QED) is 0.848.